The zero-order chi connectivity index (χ0) is 15.6. The van der Waals surface area contributed by atoms with Crippen molar-refractivity contribution in [3.05, 3.63) is 51.2 Å². The molecule has 0 saturated heterocycles. The lowest BCUT2D eigenvalue weighted by molar-refractivity contribution is -0.385. The van der Waals surface area contributed by atoms with Crippen LogP contribution in [-0.4, -0.2) is 20.6 Å². The predicted molar refractivity (Wildman–Crippen MR) is 73.7 cm³/mol. The minimum Gasteiger partial charge on any atom is -0.306 e. The Balaban J connectivity index is 2.33. The van der Waals surface area contributed by atoms with Gasteiger partial charge in [-0.2, -0.15) is 10.4 Å². The van der Waals surface area contributed by atoms with Crippen LogP contribution in [0.5, 0.6) is 0 Å². The van der Waals surface area contributed by atoms with Gasteiger partial charge >= 0.3 is 0 Å². The van der Waals surface area contributed by atoms with Gasteiger partial charge in [0.15, 0.2) is 0 Å². The molecule has 1 aromatic carbocycles. The Morgan fingerprint density at radius 3 is 2.86 bits per heavy atom. The molecule has 1 heterocycles. The molecular weight excluding hydrogens is 274 g/mol. The van der Waals surface area contributed by atoms with Gasteiger partial charge in [-0.05, 0) is 13.0 Å². The lowest BCUT2D eigenvalue weighted by Gasteiger charge is -2.06. The van der Waals surface area contributed by atoms with E-state index < -0.39 is 10.8 Å². The van der Waals surface area contributed by atoms with Crippen molar-refractivity contribution in [3.8, 4) is 6.07 Å². The van der Waals surface area contributed by atoms with E-state index >= 15 is 0 Å². The van der Waals surface area contributed by atoms with E-state index in [9.17, 15) is 14.9 Å². The van der Waals surface area contributed by atoms with E-state index in [0.29, 0.717) is 5.56 Å². The molecule has 8 heteroatoms. The van der Waals surface area contributed by atoms with Crippen LogP contribution >= 0.6 is 0 Å². The number of benzene rings is 1. The maximum absolute atomic E-state index is 12.1. The molecule has 8 nitrogen and oxygen atoms in total. The molecule has 0 unspecified atom stereocenters. The lowest BCUT2D eigenvalue weighted by atomic mass is 10.1. The van der Waals surface area contributed by atoms with Crippen LogP contribution in [0.15, 0.2) is 24.4 Å². The molecule has 0 aliphatic carbocycles. The number of rotatable bonds is 3. The molecule has 0 fully saturated rings. The standard InChI is InChI=1S/C13H11N5O3/c1-8-3-4-9(5-11(8)18(20)21)13(19)16-12-10(6-14)7-15-17(12)2/h3-5,7H,1-2H3,(H,16,19). The van der Waals surface area contributed by atoms with Gasteiger partial charge in [0.25, 0.3) is 11.6 Å². The molecule has 0 saturated carbocycles. The number of hydrogen-bond acceptors (Lipinski definition) is 5. The number of anilines is 1. The van der Waals surface area contributed by atoms with Crippen LogP contribution in [0.1, 0.15) is 21.5 Å². The first-order valence-corrected chi connectivity index (χ1v) is 5.92. The molecule has 2 rings (SSSR count). The van der Waals surface area contributed by atoms with Crippen LogP contribution < -0.4 is 5.32 Å². The number of nitrogens with zero attached hydrogens (tertiary/aromatic N) is 4. The van der Waals surface area contributed by atoms with Gasteiger partial charge in [-0.3, -0.25) is 19.6 Å². The molecule has 0 aliphatic rings. The summed E-state index contributed by atoms with van der Waals surface area (Å²) in [6.45, 7) is 1.59. The maximum atomic E-state index is 12.1. The topological polar surface area (TPSA) is 114 Å². The Morgan fingerprint density at radius 1 is 1.52 bits per heavy atom. The van der Waals surface area contributed by atoms with Gasteiger partial charge in [-0.25, -0.2) is 0 Å². The SMILES string of the molecule is Cc1ccc(C(=O)Nc2c(C#N)cnn2C)cc1[N+](=O)[O-]. The predicted octanol–water partition coefficient (Wildman–Crippen LogP) is 1.76. The smallest absolute Gasteiger partial charge is 0.273 e. The molecule has 1 amide bonds. The Morgan fingerprint density at radius 2 is 2.24 bits per heavy atom. The summed E-state index contributed by atoms with van der Waals surface area (Å²) >= 11 is 0. The Kier molecular flexibility index (Phi) is 3.67. The van der Waals surface area contributed by atoms with Gasteiger partial charge < -0.3 is 5.32 Å². The Bertz CT molecular complexity index is 773. The van der Waals surface area contributed by atoms with Gasteiger partial charge in [0, 0.05) is 24.2 Å². The Hall–Kier alpha value is -3.21. The molecule has 21 heavy (non-hydrogen) atoms. The summed E-state index contributed by atoms with van der Waals surface area (Å²) in [7, 11) is 1.58. The zero-order valence-electron chi connectivity index (χ0n) is 11.3. The average molecular weight is 285 g/mol. The first-order valence-electron chi connectivity index (χ1n) is 5.92. The number of nitro benzene ring substituents is 1. The van der Waals surface area contributed by atoms with Crippen LogP contribution in [0.2, 0.25) is 0 Å². The van der Waals surface area contributed by atoms with Gasteiger partial charge in [-0.15, -0.1) is 0 Å². The number of nitrogens with one attached hydrogen (secondary N) is 1. The number of carbonyl (C=O) groups excluding carboxylic acids is 1. The third kappa shape index (κ3) is 2.71. The molecular formula is C13H11N5O3. The van der Waals surface area contributed by atoms with Crippen molar-refractivity contribution in [2.24, 2.45) is 7.05 Å². The van der Waals surface area contributed by atoms with E-state index in [2.05, 4.69) is 10.4 Å². The van der Waals surface area contributed by atoms with Crippen LogP contribution in [-0.2, 0) is 7.05 Å². The minimum absolute atomic E-state index is 0.131. The van der Waals surface area contributed by atoms with Gasteiger partial charge in [0.1, 0.15) is 17.5 Å². The van der Waals surface area contributed by atoms with E-state index in [4.69, 9.17) is 5.26 Å². The van der Waals surface area contributed by atoms with Gasteiger partial charge in [-0.1, -0.05) is 6.07 Å². The van der Waals surface area contributed by atoms with Gasteiger partial charge in [0.05, 0.1) is 11.1 Å². The minimum atomic E-state index is -0.545. The van der Waals surface area contributed by atoms with E-state index in [1.165, 1.54) is 29.1 Å². The summed E-state index contributed by atoms with van der Waals surface area (Å²) in [4.78, 5) is 22.5. The quantitative estimate of drug-likeness (QED) is 0.681. The van der Waals surface area contributed by atoms with Crippen molar-refractivity contribution in [3.63, 3.8) is 0 Å². The third-order valence-electron chi connectivity index (χ3n) is 2.96. The fourth-order valence-electron chi connectivity index (χ4n) is 1.79. The van der Waals surface area contributed by atoms with E-state index in [1.807, 2.05) is 6.07 Å². The molecule has 0 atom stereocenters. The van der Waals surface area contributed by atoms with Crippen molar-refractivity contribution >= 4 is 17.4 Å². The van der Waals surface area contributed by atoms with E-state index in [-0.39, 0.29) is 22.6 Å². The second-order valence-corrected chi connectivity index (χ2v) is 4.35. The number of nitriles is 1. The number of aromatic nitrogens is 2. The van der Waals surface area contributed by atoms with Crippen molar-refractivity contribution in [2.45, 2.75) is 6.92 Å². The van der Waals surface area contributed by atoms with Crippen LogP contribution in [0, 0.1) is 28.4 Å². The summed E-state index contributed by atoms with van der Waals surface area (Å²) in [5.41, 5.74) is 0.688. The van der Waals surface area contributed by atoms with Crippen molar-refractivity contribution in [1.29, 1.82) is 5.26 Å². The monoisotopic (exact) mass is 285 g/mol. The van der Waals surface area contributed by atoms with Crippen molar-refractivity contribution in [1.82, 2.24) is 9.78 Å². The second-order valence-electron chi connectivity index (χ2n) is 4.35. The Labute approximate surface area is 119 Å². The van der Waals surface area contributed by atoms with E-state index in [1.54, 1.807) is 14.0 Å². The number of hydrogen-bond donors (Lipinski definition) is 1. The maximum Gasteiger partial charge on any atom is 0.273 e. The first kappa shape index (κ1) is 14.2. The second kappa shape index (κ2) is 5.42. The average Bonchev–Trinajstić information content (AvgIpc) is 2.79. The molecule has 0 aliphatic heterocycles. The molecule has 2 aromatic rings. The molecule has 106 valence electrons. The number of nitro groups is 1. The van der Waals surface area contributed by atoms with E-state index in [0.717, 1.165) is 0 Å². The summed E-state index contributed by atoms with van der Waals surface area (Å²) in [5.74, 6) is -0.302. The van der Waals surface area contributed by atoms with Crippen molar-refractivity contribution in [2.75, 3.05) is 5.32 Å². The number of amides is 1. The van der Waals surface area contributed by atoms with Crippen LogP contribution in [0.25, 0.3) is 0 Å². The third-order valence-corrected chi connectivity index (χ3v) is 2.96. The van der Waals surface area contributed by atoms with Crippen LogP contribution in [0.3, 0.4) is 0 Å². The fourth-order valence-corrected chi connectivity index (χ4v) is 1.79. The first-order chi connectivity index (χ1) is 9.93. The summed E-state index contributed by atoms with van der Waals surface area (Å²) in [6, 6.07) is 6.09. The summed E-state index contributed by atoms with van der Waals surface area (Å²) in [5, 5.41) is 26.2. The molecule has 1 aromatic heterocycles. The lowest BCUT2D eigenvalue weighted by Crippen LogP contribution is -2.15. The highest BCUT2D eigenvalue weighted by atomic mass is 16.6. The summed E-state index contributed by atoms with van der Waals surface area (Å²) < 4.78 is 1.35. The number of carbonyl (C=O) groups is 1. The highest BCUT2D eigenvalue weighted by molar-refractivity contribution is 6.04. The fraction of sp³-hybridized carbons (Fsp3) is 0.154. The highest BCUT2D eigenvalue weighted by Gasteiger charge is 2.17. The normalized spacial score (nSPS) is 9.95. The molecule has 1 N–H and O–H groups in total. The molecule has 0 spiro atoms. The van der Waals surface area contributed by atoms with Crippen LogP contribution in [0.4, 0.5) is 11.5 Å². The van der Waals surface area contributed by atoms with Gasteiger partial charge in [0.2, 0.25) is 0 Å². The highest BCUT2D eigenvalue weighted by Crippen LogP contribution is 2.20. The largest absolute Gasteiger partial charge is 0.306 e. The number of aryl methyl sites for hydroxylation is 2. The summed E-state index contributed by atoms with van der Waals surface area (Å²) in [6.07, 6.45) is 1.33. The molecule has 0 bridgehead atoms. The zero-order valence-corrected chi connectivity index (χ0v) is 11.3. The molecule has 0 radical (unpaired) electrons. The van der Waals surface area contributed by atoms with Crippen molar-refractivity contribution < 1.29 is 9.72 Å².